The third-order valence-electron chi connectivity index (χ3n) is 3.69. The lowest BCUT2D eigenvalue weighted by Crippen LogP contribution is -2.57. The zero-order valence-corrected chi connectivity index (χ0v) is 10.8. The zero-order chi connectivity index (χ0) is 12.1. The van der Waals surface area contributed by atoms with Gasteiger partial charge in [0, 0.05) is 23.1 Å². The smallest absolute Gasteiger partial charge is 0.128 e. The molecule has 3 rings (SSSR count). The Labute approximate surface area is 107 Å². The van der Waals surface area contributed by atoms with Gasteiger partial charge in [0.15, 0.2) is 0 Å². The van der Waals surface area contributed by atoms with E-state index in [4.69, 9.17) is 15.2 Å². The van der Waals surface area contributed by atoms with Crippen LogP contribution in [0.2, 0.25) is 0 Å². The molecule has 2 aliphatic heterocycles. The zero-order valence-electron chi connectivity index (χ0n) is 9.21. The summed E-state index contributed by atoms with van der Waals surface area (Å²) in [6, 6.07) is 4.79. The second-order valence-corrected chi connectivity index (χ2v) is 5.60. The number of hydrogen-bond donors (Lipinski definition) is 1. The van der Waals surface area contributed by atoms with Crippen LogP contribution in [0.3, 0.4) is 0 Å². The highest BCUT2D eigenvalue weighted by Crippen LogP contribution is 2.49. The van der Waals surface area contributed by atoms with Crippen LogP contribution in [0.1, 0.15) is 12.0 Å². The first kappa shape index (κ1) is 11.6. The van der Waals surface area contributed by atoms with E-state index in [1.165, 1.54) is 6.07 Å². The van der Waals surface area contributed by atoms with Gasteiger partial charge in [-0.2, -0.15) is 0 Å². The molecule has 1 aromatic carbocycles. The molecule has 92 valence electrons. The highest BCUT2D eigenvalue weighted by Gasteiger charge is 2.62. The van der Waals surface area contributed by atoms with E-state index in [9.17, 15) is 4.39 Å². The fourth-order valence-corrected chi connectivity index (χ4v) is 2.84. The Morgan fingerprint density at radius 1 is 1.35 bits per heavy atom. The van der Waals surface area contributed by atoms with Crippen molar-refractivity contribution in [1.29, 1.82) is 0 Å². The number of rotatable bonds is 1. The van der Waals surface area contributed by atoms with Crippen LogP contribution in [-0.2, 0) is 15.0 Å². The largest absolute Gasteiger partial charge is 0.379 e. The predicted octanol–water partition coefficient (Wildman–Crippen LogP) is 1.93. The molecule has 1 aromatic rings. The lowest BCUT2D eigenvalue weighted by atomic mass is 9.76. The van der Waals surface area contributed by atoms with Gasteiger partial charge in [-0.3, -0.25) is 0 Å². The molecule has 2 N–H and O–H groups in total. The predicted molar refractivity (Wildman–Crippen MR) is 64.1 cm³/mol. The van der Waals surface area contributed by atoms with E-state index in [1.807, 2.05) is 0 Å². The monoisotopic (exact) mass is 301 g/mol. The molecule has 2 fully saturated rings. The molecular formula is C12H13BrFNO2. The van der Waals surface area contributed by atoms with Gasteiger partial charge < -0.3 is 15.2 Å². The second kappa shape index (κ2) is 3.75. The van der Waals surface area contributed by atoms with Crippen LogP contribution in [0, 0.1) is 5.82 Å². The first-order valence-electron chi connectivity index (χ1n) is 5.54. The lowest BCUT2D eigenvalue weighted by molar-refractivity contribution is -0.0223. The molecule has 0 bridgehead atoms. The van der Waals surface area contributed by atoms with Crippen molar-refractivity contribution in [2.24, 2.45) is 5.73 Å². The average Bonchev–Trinajstić information content (AvgIpc) is 3.08. The minimum atomic E-state index is -0.890. The van der Waals surface area contributed by atoms with E-state index in [0.29, 0.717) is 25.4 Å². The Morgan fingerprint density at radius 2 is 2.12 bits per heavy atom. The van der Waals surface area contributed by atoms with E-state index in [-0.39, 0.29) is 5.82 Å². The molecule has 1 spiro atoms. The van der Waals surface area contributed by atoms with E-state index in [2.05, 4.69) is 15.9 Å². The van der Waals surface area contributed by atoms with Crippen molar-refractivity contribution in [3.05, 3.63) is 34.1 Å². The van der Waals surface area contributed by atoms with Crippen LogP contribution in [0.5, 0.6) is 0 Å². The van der Waals surface area contributed by atoms with Crippen molar-refractivity contribution in [1.82, 2.24) is 0 Å². The van der Waals surface area contributed by atoms with Crippen LogP contribution in [0.4, 0.5) is 4.39 Å². The molecule has 2 unspecified atom stereocenters. The molecule has 2 aliphatic rings. The Kier molecular flexibility index (Phi) is 2.56. The molecule has 17 heavy (non-hydrogen) atoms. The summed E-state index contributed by atoms with van der Waals surface area (Å²) in [5.41, 5.74) is 5.51. The quantitative estimate of drug-likeness (QED) is 0.806. The second-order valence-electron chi connectivity index (χ2n) is 4.68. The van der Waals surface area contributed by atoms with Crippen molar-refractivity contribution < 1.29 is 13.9 Å². The van der Waals surface area contributed by atoms with Gasteiger partial charge in [-0.15, -0.1) is 0 Å². The van der Waals surface area contributed by atoms with Gasteiger partial charge in [-0.1, -0.05) is 15.9 Å². The number of hydrogen-bond acceptors (Lipinski definition) is 3. The van der Waals surface area contributed by atoms with Crippen LogP contribution >= 0.6 is 15.9 Å². The summed E-state index contributed by atoms with van der Waals surface area (Å²) in [6.45, 7) is 1.49. The highest BCUT2D eigenvalue weighted by molar-refractivity contribution is 9.10. The maximum atomic E-state index is 14.0. The number of epoxide rings is 1. The summed E-state index contributed by atoms with van der Waals surface area (Å²) in [5, 5.41) is 0. The average molecular weight is 302 g/mol. The topological polar surface area (TPSA) is 47.8 Å². The fourth-order valence-electron chi connectivity index (χ4n) is 2.48. The van der Waals surface area contributed by atoms with Crippen LogP contribution in [0.25, 0.3) is 0 Å². The number of ether oxygens (including phenoxy) is 2. The van der Waals surface area contributed by atoms with E-state index >= 15 is 0 Å². The van der Waals surface area contributed by atoms with Crippen molar-refractivity contribution in [3.8, 4) is 0 Å². The normalized spacial score (nSPS) is 36.2. The molecule has 0 aromatic heterocycles. The molecular weight excluding hydrogens is 289 g/mol. The molecule has 2 heterocycles. The van der Waals surface area contributed by atoms with E-state index < -0.39 is 11.1 Å². The van der Waals surface area contributed by atoms with Crippen molar-refractivity contribution in [2.45, 2.75) is 17.6 Å². The van der Waals surface area contributed by atoms with Gasteiger partial charge in [-0.25, -0.2) is 4.39 Å². The van der Waals surface area contributed by atoms with Crippen molar-refractivity contribution >= 4 is 15.9 Å². The summed E-state index contributed by atoms with van der Waals surface area (Å²) in [4.78, 5) is 0. The molecule has 0 aliphatic carbocycles. The van der Waals surface area contributed by atoms with Gasteiger partial charge in [0.2, 0.25) is 0 Å². The van der Waals surface area contributed by atoms with Gasteiger partial charge >= 0.3 is 0 Å². The Hall–Kier alpha value is -0.490. The minimum Gasteiger partial charge on any atom is -0.379 e. The molecule has 0 radical (unpaired) electrons. The molecule has 2 saturated heterocycles. The molecule has 5 heteroatoms. The summed E-state index contributed by atoms with van der Waals surface area (Å²) < 4.78 is 25.7. The highest BCUT2D eigenvalue weighted by atomic mass is 79.9. The van der Waals surface area contributed by atoms with E-state index in [0.717, 1.165) is 10.9 Å². The number of halogens is 2. The van der Waals surface area contributed by atoms with Crippen LogP contribution in [-0.4, -0.2) is 25.4 Å². The maximum absolute atomic E-state index is 14.0. The van der Waals surface area contributed by atoms with Gasteiger partial charge in [0.1, 0.15) is 11.4 Å². The molecule has 0 amide bonds. The number of nitrogens with two attached hydrogens (primary N) is 1. The summed E-state index contributed by atoms with van der Waals surface area (Å²) in [5.74, 6) is -0.309. The van der Waals surface area contributed by atoms with Crippen molar-refractivity contribution in [3.63, 3.8) is 0 Å². The Bertz CT molecular complexity index is 464. The first-order chi connectivity index (χ1) is 8.07. The summed E-state index contributed by atoms with van der Waals surface area (Å²) in [6.07, 6.45) is 0.718. The Balaban J connectivity index is 2.09. The standard InChI is InChI=1S/C12H13BrFNO2/c13-8-1-2-10(14)9(5-8)12(15)7-16-4-3-11(12)6-17-11/h1-2,5H,3-4,6-7,15H2. The summed E-state index contributed by atoms with van der Waals surface area (Å²) in [7, 11) is 0. The van der Waals surface area contributed by atoms with Gasteiger partial charge in [-0.05, 0) is 18.2 Å². The molecule has 3 nitrogen and oxygen atoms in total. The van der Waals surface area contributed by atoms with Gasteiger partial charge in [0.05, 0.1) is 18.8 Å². The number of benzene rings is 1. The van der Waals surface area contributed by atoms with Crippen molar-refractivity contribution in [2.75, 3.05) is 19.8 Å². The van der Waals surface area contributed by atoms with Crippen LogP contribution in [0.15, 0.2) is 22.7 Å². The minimum absolute atomic E-state index is 0.292. The summed E-state index contributed by atoms with van der Waals surface area (Å²) >= 11 is 3.34. The SMILES string of the molecule is NC1(c2cc(Br)ccc2F)COCCC12CO2. The molecule has 0 saturated carbocycles. The fraction of sp³-hybridized carbons (Fsp3) is 0.500. The Morgan fingerprint density at radius 3 is 2.82 bits per heavy atom. The lowest BCUT2D eigenvalue weighted by Gasteiger charge is -2.39. The molecule has 2 atom stereocenters. The third-order valence-corrected chi connectivity index (χ3v) is 4.19. The van der Waals surface area contributed by atoms with E-state index in [1.54, 1.807) is 12.1 Å². The maximum Gasteiger partial charge on any atom is 0.128 e. The third kappa shape index (κ3) is 1.64. The first-order valence-corrected chi connectivity index (χ1v) is 6.33. The van der Waals surface area contributed by atoms with Crippen LogP contribution < -0.4 is 5.73 Å². The van der Waals surface area contributed by atoms with Gasteiger partial charge in [0.25, 0.3) is 0 Å².